The molecule has 8 nitrogen and oxygen atoms in total. The summed E-state index contributed by atoms with van der Waals surface area (Å²) in [5.74, 6) is -0.0266. The Morgan fingerprint density at radius 2 is 2.00 bits per heavy atom. The third kappa shape index (κ3) is 3.95. The summed E-state index contributed by atoms with van der Waals surface area (Å²) in [5.41, 5.74) is 7.81. The highest BCUT2D eigenvalue weighted by atomic mass is 32.1. The number of carbonyl (C=O) groups excluding carboxylic acids is 1. The number of rotatable bonds is 6. The topological polar surface area (TPSA) is 112 Å². The summed E-state index contributed by atoms with van der Waals surface area (Å²) in [7, 11) is 0. The number of pyridine rings is 3. The zero-order chi connectivity index (χ0) is 23.8. The van der Waals surface area contributed by atoms with Gasteiger partial charge in [-0.2, -0.15) is 16.4 Å². The molecule has 0 saturated heterocycles. The lowest BCUT2D eigenvalue weighted by Crippen LogP contribution is -2.10. The summed E-state index contributed by atoms with van der Waals surface area (Å²) >= 11 is 1.67. The molecule has 6 heterocycles. The van der Waals surface area contributed by atoms with E-state index in [4.69, 9.17) is 0 Å². The molecule has 172 valence electrons. The molecule has 0 aliphatic carbocycles. The summed E-state index contributed by atoms with van der Waals surface area (Å²) in [6, 6.07) is 10.1. The second-order valence-corrected chi connectivity index (χ2v) is 9.04. The summed E-state index contributed by atoms with van der Waals surface area (Å²) < 4.78 is 0. The molecule has 6 rings (SSSR count). The molecule has 3 N–H and O–H groups in total. The van der Waals surface area contributed by atoms with Crippen molar-refractivity contribution < 1.29 is 4.79 Å². The number of fused-ring (bicyclic) bond motifs is 2. The van der Waals surface area contributed by atoms with Crippen LogP contribution in [0, 0.1) is 0 Å². The normalized spacial score (nSPS) is 11.3. The van der Waals surface area contributed by atoms with Gasteiger partial charge in [-0.25, -0.2) is 4.98 Å². The van der Waals surface area contributed by atoms with Gasteiger partial charge >= 0.3 is 0 Å². The van der Waals surface area contributed by atoms with Gasteiger partial charge < -0.3 is 10.3 Å². The lowest BCUT2D eigenvalue weighted by molar-refractivity contribution is -0.116. The molecular weight excluding hydrogens is 458 g/mol. The Bertz CT molecular complexity index is 1670. The summed E-state index contributed by atoms with van der Waals surface area (Å²) in [4.78, 5) is 28.8. The minimum atomic E-state index is -0.0266. The molecule has 6 aromatic heterocycles. The number of amides is 1. The predicted octanol–water partition coefficient (Wildman–Crippen LogP) is 6.03. The molecule has 0 aromatic carbocycles. The number of thiophene rings is 1. The van der Waals surface area contributed by atoms with Crippen molar-refractivity contribution in [2.24, 2.45) is 0 Å². The van der Waals surface area contributed by atoms with E-state index < -0.39 is 0 Å². The maximum Gasteiger partial charge on any atom is 0.224 e. The van der Waals surface area contributed by atoms with Gasteiger partial charge in [0.1, 0.15) is 11.3 Å². The summed E-state index contributed by atoms with van der Waals surface area (Å²) in [6.07, 6.45) is 8.23. The maximum atomic E-state index is 12.0. The molecule has 0 aliphatic heterocycles. The Labute approximate surface area is 204 Å². The van der Waals surface area contributed by atoms with Gasteiger partial charge in [-0.1, -0.05) is 6.92 Å². The van der Waals surface area contributed by atoms with Gasteiger partial charge in [0.15, 0.2) is 0 Å². The molecule has 0 spiro atoms. The van der Waals surface area contributed by atoms with Gasteiger partial charge in [0.25, 0.3) is 0 Å². The molecule has 0 radical (unpaired) electrons. The molecule has 35 heavy (non-hydrogen) atoms. The van der Waals surface area contributed by atoms with E-state index in [9.17, 15) is 4.79 Å². The number of aromatic amines is 2. The molecule has 0 unspecified atom stereocenters. The third-order valence-electron chi connectivity index (χ3n) is 5.86. The van der Waals surface area contributed by atoms with E-state index in [1.165, 1.54) is 5.56 Å². The molecule has 0 fully saturated rings. The van der Waals surface area contributed by atoms with Gasteiger partial charge in [-0.15, -0.1) is 0 Å². The highest BCUT2D eigenvalue weighted by Crippen LogP contribution is 2.34. The van der Waals surface area contributed by atoms with Crippen LogP contribution in [-0.2, 0) is 4.79 Å². The van der Waals surface area contributed by atoms with Crippen LogP contribution in [0.4, 0.5) is 5.69 Å². The van der Waals surface area contributed by atoms with Crippen LogP contribution in [0.1, 0.15) is 19.8 Å². The first-order valence-corrected chi connectivity index (χ1v) is 12.2. The van der Waals surface area contributed by atoms with Crippen molar-refractivity contribution in [2.45, 2.75) is 19.8 Å². The molecule has 0 bridgehead atoms. The fraction of sp³-hybridized carbons (Fsp3) is 0.115. The second-order valence-electron chi connectivity index (χ2n) is 8.26. The summed E-state index contributed by atoms with van der Waals surface area (Å²) in [5, 5.41) is 16.7. The van der Waals surface area contributed by atoms with Crippen molar-refractivity contribution in [1.82, 2.24) is 30.1 Å². The Balaban J connectivity index is 1.40. The zero-order valence-corrected chi connectivity index (χ0v) is 19.7. The minimum Gasteiger partial charge on any atom is -0.338 e. The number of nitrogens with zero attached hydrogens (tertiary/aromatic N) is 4. The van der Waals surface area contributed by atoms with E-state index in [-0.39, 0.29) is 5.91 Å². The van der Waals surface area contributed by atoms with Crippen LogP contribution < -0.4 is 5.32 Å². The van der Waals surface area contributed by atoms with Crippen LogP contribution in [0.2, 0.25) is 0 Å². The molecule has 1 amide bonds. The average Bonchev–Trinajstić information content (AvgIpc) is 3.63. The highest BCUT2D eigenvalue weighted by Gasteiger charge is 2.16. The van der Waals surface area contributed by atoms with Crippen molar-refractivity contribution in [3.05, 3.63) is 65.9 Å². The number of hydrogen-bond donors (Lipinski definition) is 3. The number of H-pyrrole nitrogens is 2. The van der Waals surface area contributed by atoms with Gasteiger partial charge in [-0.05, 0) is 58.6 Å². The van der Waals surface area contributed by atoms with E-state index in [2.05, 4.69) is 58.3 Å². The molecule has 6 aromatic rings. The largest absolute Gasteiger partial charge is 0.338 e. The van der Waals surface area contributed by atoms with Crippen LogP contribution in [-0.4, -0.2) is 36.0 Å². The minimum absolute atomic E-state index is 0.0266. The van der Waals surface area contributed by atoms with Crippen LogP contribution in [0.15, 0.2) is 65.9 Å². The number of aromatic nitrogens is 6. The Morgan fingerprint density at radius 1 is 1.06 bits per heavy atom. The summed E-state index contributed by atoms with van der Waals surface area (Å²) in [6.45, 7) is 1.97. The van der Waals surface area contributed by atoms with Gasteiger partial charge in [0.05, 0.1) is 35.0 Å². The maximum absolute atomic E-state index is 12.0. The molecule has 0 aliphatic rings. The first-order chi connectivity index (χ1) is 17.2. The van der Waals surface area contributed by atoms with Gasteiger partial charge in [0.2, 0.25) is 5.91 Å². The second kappa shape index (κ2) is 8.77. The lowest BCUT2D eigenvalue weighted by atomic mass is 10.1. The number of carbonyl (C=O) groups is 1. The SMILES string of the molecule is CCCC(=O)Nc1cncc(-c2cc3c(-c4cc5c(-c6ccsc6)ccnc5[nH]4)n[nH]c3cn2)c1. The van der Waals surface area contributed by atoms with Crippen molar-refractivity contribution >= 4 is 44.9 Å². The van der Waals surface area contributed by atoms with Crippen molar-refractivity contribution in [1.29, 1.82) is 0 Å². The number of anilines is 1. The van der Waals surface area contributed by atoms with Crippen LogP contribution >= 0.6 is 11.3 Å². The molecular formula is C26H21N7OS. The molecule has 0 atom stereocenters. The fourth-order valence-corrected chi connectivity index (χ4v) is 4.86. The highest BCUT2D eigenvalue weighted by molar-refractivity contribution is 7.08. The van der Waals surface area contributed by atoms with E-state index in [0.717, 1.165) is 56.6 Å². The third-order valence-corrected chi connectivity index (χ3v) is 6.54. The van der Waals surface area contributed by atoms with Crippen molar-refractivity contribution in [2.75, 3.05) is 5.32 Å². The first-order valence-electron chi connectivity index (χ1n) is 11.3. The smallest absolute Gasteiger partial charge is 0.224 e. The predicted molar refractivity (Wildman–Crippen MR) is 139 cm³/mol. The van der Waals surface area contributed by atoms with E-state index in [1.54, 1.807) is 29.9 Å². The number of nitrogens with one attached hydrogen (secondary N) is 3. The van der Waals surface area contributed by atoms with E-state index in [1.807, 2.05) is 31.3 Å². The van der Waals surface area contributed by atoms with Crippen LogP contribution in [0.5, 0.6) is 0 Å². The van der Waals surface area contributed by atoms with Gasteiger partial charge in [-0.3, -0.25) is 19.9 Å². The van der Waals surface area contributed by atoms with Crippen LogP contribution in [0.25, 0.3) is 55.7 Å². The lowest BCUT2D eigenvalue weighted by Gasteiger charge is -2.06. The number of hydrogen-bond acceptors (Lipinski definition) is 6. The fourth-order valence-electron chi connectivity index (χ4n) is 4.20. The van der Waals surface area contributed by atoms with Crippen molar-refractivity contribution in [3.63, 3.8) is 0 Å². The average molecular weight is 480 g/mol. The standard InChI is InChI=1S/C26H21N7OS/c1-2-3-24(34)30-17-8-16(11-27-12-17)21-10-20-23(13-29-21)32-33-25(20)22-9-19-18(15-5-7-35-14-15)4-6-28-26(19)31-22/h4-14H,2-3H2,1H3,(H,28,31)(H,30,34)(H,32,33). The Morgan fingerprint density at radius 3 is 2.86 bits per heavy atom. The molecule has 9 heteroatoms. The monoisotopic (exact) mass is 479 g/mol. The Hall–Kier alpha value is -4.37. The van der Waals surface area contributed by atoms with E-state index >= 15 is 0 Å². The van der Waals surface area contributed by atoms with E-state index in [0.29, 0.717) is 12.1 Å². The first kappa shape index (κ1) is 21.2. The van der Waals surface area contributed by atoms with Gasteiger partial charge in [0, 0.05) is 35.2 Å². The quantitative estimate of drug-likeness (QED) is 0.270. The van der Waals surface area contributed by atoms with Crippen LogP contribution in [0.3, 0.4) is 0 Å². The Kier molecular flexibility index (Phi) is 5.31. The zero-order valence-electron chi connectivity index (χ0n) is 18.9. The molecule has 0 saturated carbocycles. The van der Waals surface area contributed by atoms with Crippen molar-refractivity contribution in [3.8, 4) is 33.8 Å².